The number of hydrogen-bond acceptors (Lipinski definition) is 5. The van der Waals surface area contributed by atoms with Crippen LogP contribution in [0.5, 0.6) is 0 Å². The first-order chi connectivity index (χ1) is 9.31. The molecule has 0 fully saturated rings. The number of nitrogens with one attached hydrogen (secondary N) is 1. The molecule has 0 spiro atoms. The summed E-state index contributed by atoms with van der Waals surface area (Å²) in [6.07, 6.45) is 0. The maximum Gasteiger partial charge on any atom is 0.267 e. The van der Waals surface area contributed by atoms with Crippen molar-refractivity contribution in [2.45, 2.75) is 18.7 Å². The highest BCUT2D eigenvalue weighted by atomic mass is 32.2. The second-order valence-electron chi connectivity index (χ2n) is 4.20. The first-order valence-electron chi connectivity index (χ1n) is 5.67. The zero-order valence-corrected chi connectivity index (χ0v) is 11.7. The van der Waals surface area contributed by atoms with Crippen LogP contribution in [0.1, 0.15) is 21.8 Å². The molecule has 0 unspecified atom stereocenters. The Labute approximate surface area is 115 Å². The molecule has 106 valence electrons. The standard InChI is InChI=1S/C12H13N3O4S/c1-7-11(8(2)19-14-7)20(17,18)15-10-5-3-9(4-6-10)12(13)16/h3-6,15H,1-2H3,(H2,13,16). The molecule has 1 aromatic carbocycles. The van der Waals surface area contributed by atoms with Gasteiger partial charge in [-0.2, -0.15) is 0 Å². The number of hydrogen-bond donors (Lipinski definition) is 2. The topological polar surface area (TPSA) is 115 Å². The predicted molar refractivity (Wildman–Crippen MR) is 71.7 cm³/mol. The van der Waals surface area contributed by atoms with Crippen molar-refractivity contribution in [3.05, 3.63) is 41.3 Å². The summed E-state index contributed by atoms with van der Waals surface area (Å²) in [7, 11) is -3.79. The van der Waals surface area contributed by atoms with E-state index in [1.807, 2.05) is 0 Å². The fraction of sp³-hybridized carbons (Fsp3) is 0.167. The van der Waals surface area contributed by atoms with Crippen molar-refractivity contribution in [3.8, 4) is 0 Å². The normalized spacial score (nSPS) is 11.3. The summed E-state index contributed by atoms with van der Waals surface area (Å²) in [4.78, 5) is 10.9. The number of rotatable bonds is 4. The van der Waals surface area contributed by atoms with E-state index in [-0.39, 0.29) is 16.3 Å². The van der Waals surface area contributed by atoms with Crippen LogP contribution in [-0.2, 0) is 10.0 Å². The largest absolute Gasteiger partial charge is 0.366 e. The van der Waals surface area contributed by atoms with E-state index in [1.54, 1.807) is 6.92 Å². The Morgan fingerprint density at radius 3 is 2.30 bits per heavy atom. The summed E-state index contributed by atoms with van der Waals surface area (Å²) in [5, 5.41) is 3.61. The van der Waals surface area contributed by atoms with E-state index in [4.69, 9.17) is 10.3 Å². The minimum Gasteiger partial charge on any atom is -0.366 e. The predicted octanol–water partition coefficient (Wildman–Crippen LogP) is 1.19. The molecule has 0 saturated carbocycles. The molecule has 3 N–H and O–H groups in total. The van der Waals surface area contributed by atoms with Crippen LogP contribution < -0.4 is 10.5 Å². The number of amides is 1. The van der Waals surface area contributed by atoms with Crippen molar-refractivity contribution >= 4 is 21.6 Å². The third kappa shape index (κ3) is 2.64. The molecule has 2 aromatic rings. The summed E-state index contributed by atoms with van der Waals surface area (Å²) in [6.45, 7) is 3.06. The van der Waals surface area contributed by atoms with E-state index in [0.29, 0.717) is 11.3 Å². The SMILES string of the molecule is Cc1noc(C)c1S(=O)(=O)Nc1ccc(C(N)=O)cc1. The highest BCUT2D eigenvalue weighted by molar-refractivity contribution is 7.92. The maximum absolute atomic E-state index is 12.2. The molecule has 8 heteroatoms. The van der Waals surface area contributed by atoms with Crippen molar-refractivity contribution in [2.75, 3.05) is 4.72 Å². The van der Waals surface area contributed by atoms with E-state index in [9.17, 15) is 13.2 Å². The highest BCUT2D eigenvalue weighted by Gasteiger charge is 2.24. The second-order valence-corrected chi connectivity index (χ2v) is 5.82. The molecule has 0 bridgehead atoms. The average Bonchev–Trinajstić information content (AvgIpc) is 2.69. The van der Waals surface area contributed by atoms with Gasteiger partial charge in [0.15, 0.2) is 10.7 Å². The van der Waals surface area contributed by atoms with Gasteiger partial charge in [-0.15, -0.1) is 0 Å². The van der Waals surface area contributed by atoms with Gasteiger partial charge in [-0.25, -0.2) is 8.42 Å². The van der Waals surface area contributed by atoms with Crippen LogP contribution in [0.4, 0.5) is 5.69 Å². The highest BCUT2D eigenvalue weighted by Crippen LogP contribution is 2.22. The summed E-state index contributed by atoms with van der Waals surface area (Å²) >= 11 is 0. The minimum atomic E-state index is -3.79. The molecule has 1 amide bonds. The number of benzene rings is 1. The lowest BCUT2D eigenvalue weighted by atomic mass is 10.2. The van der Waals surface area contributed by atoms with Gasteiger partial charge < -0.3 is 10.3 Å². The van der Waals surface area contributed by atoms with Gasteiger partial charge in [0, 0.05) is 11.3 Å². The Balaban J connectivity index is 2.31. The number of aryl methyl sites for hydroxylation is 2. The Kier molecular flexibility index (Phi) is 3.49. The first kappa shape index (κ1) is 14.1. The number of sulfonamides is 1. The molecule has 1 heterocycles. The second kappa shape index (κ2) is 4.97. The zero-order chi connectivity index (χ0) is 14.9. The summed E-state index contributed by atoms with van der Waals surface area (Å²) in [5.41, 5.74) is 6.00. The van der Waals surface area contributed by atoms with Gasteiger partial charge in [-0.05, 0) is 38.1 Å². The minimum absolute atomic E-state index is 0.0106. The Bertz CT molecular complexity index is 728. The lowest BCUT2D eigenvalue weighted by molar-refractivity contribution is 0.100. The van der Waals surface area contributed by atoms with Gasteiger partial charge in [0.2, 0.25) is 5.91 Å². The van der Waals surface area contributed by atoms with Crippen LogP contribution in [0.2, 0.25) is 0 Å². The van der Waals surface area contributed by atoms with Crippen molar-refractivity contribution in [3.63, 3.8) is 0 Å². The van der Waals surface area contributed by atoms with Gasteiger partial charge in [0.1, 0.15) is 5.69 Å². The number of nitrogens with two attached hydrogens (primary N) is 1. The molecule has 7 nitrogen and oxygen atoms in total. The van der Waals surface area contributed by atoms with Crippen LogP contribution in [-0.4, -0.2) is 19.5 Å². The Morgan fingerprint density at radius 2 is 1.85 bits per heavy atom. The molecular formula is C12H13N3O4S. The van der Waals surface area contributed by atoms with E-state index >= 15 is 0 Å². The van der Waals surface area contributed by atoms with Crippen LogP contribution in [0.3, 0.4) is 0 Å². The number of aromatic nitrogens is 1. The van der Waals surface area contributed by atoms with Crippen LogP contribution in [0.25, 0.3) is 0 Å². The lowest BCUT2D eigenvalue weighted by Crippen LogP contribution is -2.15. The summed E-state index contributed by atoms with van der Waals surface area (Å²) < 4.78 is 31.7. The molecule has 0 radical (unpaired) electrons. The number of primary amides is 1. The van der Waals surface area contributed by atoms with Crippen molar-refractivity contribution in [2.24, 2.45) is 5.73 Å². The van der Waals surface area contributed by atoms with Crippen molar-refractivity contribution in [1.82, 2.24) is 5.16 Å². The molecule has 0 saturated heterocycles. The maximum atomic E-state index is 12.2. The summed E-state index contributed by atoms with van der Waals surface area (Å²) in [6, 6.07) is 5.78. The van der Waals surface area contributed by atoms with Gasteiger partial charge in [0.05, 0.1) is 0 Å². The zero-order valence-electron chi connectivity index (χ0n) is 10.9. The molecule has 0 aliphatic carbocycles. The van der Waals surface area contributed by atoms with Crippen molar-refractivity contribution in [1.29, 1.82) is 0 Å². The number of anilines is 1. The Hall–Kier alpha value is -2.35. The quantitative estimate of drug-likeness (QED) is 0.879. The van der Waals surface area contributed by atoms with E-state index in [0.717, 1.165) is 0 Å². The van der Waals surface area contributed by atoms with Crippen LogP contribution >= 0.6 is 0 Å². The van der Waals surface area contributed by atoms with Gasteiger partial charge in [0.25, 0.3) is 10.0 Å². The lowest BCUT2D eigenvalue weighted by Gasteiger charge is -2.07. The molecule has 0 atom stereocenters. The first-order valence-corrected chi connectivity index (χ1v) is 7.15. The fourth-order valence-corrected chi connectivity index (χ4v) is 3.16. The molecule has 1 aromatic heterocycles. The molecular weight excluding hydrogens is 282 g/mol. The van der Waals surface area contributed by atoms with E-state index < -0.39 is 15.9 Å². The van der Waals surface area contributed by atoms with Crippen LogP contribution in [0, 0.1) is 13.8 Å². The van der Waals surface area contributed by atoms with Crippen molar-refractivity contribution < 1.29 is 17.7 Å². The van der Waals surface area contributed by atoms with E-state index in [1.165, 1.54) is 31.2 Å². The van der Waals surface area contributed by atoms with E-state index in [2.05, 4.69) is 9.88 Å². The van der Waals surface area contributed by atoms with Crippen LogP contribution in [0.15, 0.2) is 33.7 Å². The number of carbonyl (C=O) groups is 1. The molecule has 0 aliphatic rings. The molecule has 2 rings (SSSR count). The monoisotopic (exact) mass is 295 g/mol. The fourth-order valence-electron chi connectivity index (χ4n) is 1.77. The molecule has 0 aliphatic heterocycles. The average molecular weight is 295 g/mol. The number of carbonyl (C=O) groups excluding carboxylic acids is 1. The van der Waals surface area contributed by atoms with Gasteiger partial charge >= 0.3 is 0 Å². The third-order valence-electron chi connectivity index (χ3n) is 2.66. The Morgan fingerprint density at radius 1 is 1.25 bits per heavy atom. The molecule has 20 heavy (non-hydrogen) atoms. The van der Waals surface area contributed by atoms with Gasteiger partial charge in [-0.3, -0.25) is 9.52 Å². The smallest absolute Gasteiger partial charge is 0.267 e. The van der Waals surface area contributed by atoms with Gasteiger partial charge in [-0.1, -0.05) is 5.16 Å². The third-order valence-corrected chi connectivity index (χ3v) is 4.28. The summed E-state index contributed by atoms with van der Waals surface area (Å²) in [5.74, 6) is -0.367. The number of nitrogens with zero attached hydrogens (tertiary/aromatic N) is 1.